The van der Waals surface area contributed by atoms with Gasteiger partial charge in [0, 0.05) is 10.9 Å². The van der Waals surface area contributed by atoms with Crippen molar-refractivity contribution >= 4 is 39.9 Å². The topological polar surface area (TPSA) is 98.6 Å². The maximum Gasteiger partial charge on any atom is 0.273 e. The van der Waals surface area contributed by atoms with Gasteiger partial charge >= 0.3 is 0 Å². The molecule has 8 heteroatoms. The van der Waals surface area contributed by atoms with Crippen LogP contribution in [0, 0.1) is 11.3 Å². The van der Waals surface area contributed by atoms with Gasteiger partial charge < -0.3 is 5.32 Å². The summed E-state index contributed by atoms with van der Waals surface area (Å²) < 4.78 is 0. The van der Waals surface area contributed by atoms with Crippen LogP contribution in [-0.4, -0.2) is 16.1 Å². The van der Waals surface area contributed by atoms with E-state index in [0.717, 1.165) is 0 Å². The highest BCUT2D eigenvalue weighted by molar-refractivity contribution is 6.42. The number of nitrogens with one attached hydrogen (secondary N) is 2. The van der Waals surface area contributed by atoms with Crippen LogP contribution in [0.4, 0.5) is 0 Å². The number of aromatic nitrogens is 2. The van der Waals surface area contributed by atoms with Crippen molar-refractivity contribution < 1.29 is 4.79 Å². The number of rotatable bonds is 3. The third kappa shape index (κ3) is 3.20. The van der Waals surface area contributed by atoms with E-state index < -0.39 is 17.5 Å². The minimum absolute atomic E-state index is 0.00796. The first-order chi connectivity index (χ1) is 12.0. The van der Waals surface area contributed by atoms with E-state index in [2.05, 4.69) is 15.5 Å². The lowest BCUT2D eigenvalue weighted by Crippen LogP contribution is -2.30. The summed E-state index contributed by atoms with van der Waals surface area (Å²) in [6.45, 7) is 0. The zero-order valence-electron chi connectivity index (χ0n) is 12.6. The molecule has 0 saturated carbocycles. The summed E-state index contributed by atoms with van der Waals surface area (Å²) in [5.41, 5.74) is -0.0192. The standard InChI is InChI=1S/C17H10Cl2N4O2/c18-12-7-3-6-11(14(12)19)13(8-20)21-17(25)15-9-4-1-2-5-10(9)16(24)23-22-15/h1-7,13H,(H,21,25)(H,23,24). The number of nitrogens with zero attached hydrogens (tertiary/aromatic N) is 2. The molecule has 3 aromatic rings. The number of carbonyl (C=O) groups is 1. The highest BCUT2D eigenvalue weighted by atomic mass is 35.5. The molecular formula is C17H10Cl2N4O2. The molecular weight excluding hydrogens is 363 g/mol. The van der Waals surface area contributed by atoms with Crippen LogP contribution in [0.25, 0.3) is 10.8 Å². The Balaban J connectivity index is 2.00. The molecule has 1 atom stereocenters. The first kappa shape index (κ1) is 17.0. The van der Waals surface area contributed by atoms with Crippen molar-refractivity contribution in [1.29, 1.82) is 5.26 Å². The van der Waals surface area contributed by atoms with Crippen molar-refractivity contribution in [3.63, 3.8) is 0 Å². The highest BCUT2D eigenvalue weighted by Gasteiger charge is 2.21. The zero-order valence-corrected chi connectivity index (χ0v) is 14.1. The van der Waals surface area contributed by atoms with E-state index in [1.807, 2.05) is 6.07 Å². The van der Waals surface area contributed by atoms with E-state index >= 15 is 0 Å². The molecule has 1 aromatic heterocycles. The zero-order chi connectivity index (χ0) is 18.0. The summed E-state index contributed by atoms with van der Waals surface area (Å²) in [5.74, 6) is -0.616. The molecule has 2 aromatic carbocycles. The molecule has 0 fully saturated rings. The number of benzene rings is 2. The van der Waals surface area contributed by atoms with E-state index in [1.165, 1.54) is 0 Å². The number of nitriles is 1. The average molecular weight is 373 g/mol. The van der Waals surface area contributed by atoms with Crippen molar-refractivity contribution in [2.75, 3.05) is 0 Å². The van der Waals surface area contributed by atoms with Gasteiger partial charge in [0.15, 0.2) is 5.69 Å². The van der Waals surface area contributed by atoms with Gasteiger partial charge in [0.05, 0.1) is 21.5 Å². The highest BCUT2D eigenvalue weighted by Crippen LogP contribution is 2.30. The van der Waals surface area contributed by atoms with Gasteiger partial charge in [-0.1, -0.05) is 53.5 Å². The molecule has 25 heavy (non-hydrogen) atoms. The maximum absolute atomic E-state index is 12.6. The molecule has 1 unspecified atom stereocenters. The number of halogens is 2. The molecule has 2 N–H and O–H groups in total. The Bertz CT molecular complexity index is 1070. The second-order valence-corrected chi connectivity index (χ2v) is 5.91. The van der Waals surface area contributed by atoms with E-state index in [-0.39, 0.29) is 15.7 Å². The van der Waals surface area contributed by atoms with Crippen LogP contribution < -0.4 is 10.9 Å². The Morgan fingerprint density at radius 3 is 2.60 bits per heavy atom. The van der Waals surface area contributed by atoms with Gasteiger partial charge in [-0.15, -0.1) is 0 Å². The van der Waals surface area contributed by atoms with Gasteiger partial charge in [-0.2, -0.15) is 10.4 Å². The van der Waals surface area contributed by atoms with Crippen LogP contribution in [0.5, 0.6) is 0 Å². The van der Waals surface area contributed by atoms with E-state index in [4.69, 9.17) is 23.2 Å². The third-order valence-electron chi connectivity index (χ3n) is 3.61. The second kappa shape index (κ2) is 6.93. The summed E-state index contributed by atoms with van der Waals surface area (Å²) in [6.07, 6.45) is 0. The summed E-state index contributed by atoms with van der Waals surface area (Å²) in [5, 5.41) is 19.2. The normalized spacial score (nSPS) is 11.7. The molecule has 0 aliphatic carbocycles. The maximum atomic E-state index is 12.6. The molecule has 3 rings (SSSR count). The molecule has 1 amide bonds. The van der Waals surface area contributed by atoms with Crippen molar-refractivity contribution in [1.82, 2.24) is 15.5 Å². The molecule has 0 aliphatic heterocycles. The number of amides is 1. The van der Waals surface area contributed by atoms with Gasteiger partial charge in [0.25, 0.3) is 11.5 Å². The van der Waals surface area contributed by atoms with Crippen LogP contribution in [0.3, 0.4) is 0 Å². The summed E-state index contributed by atoms with van der Waals surface area (Å²) >= 11 is 12.1. The summed E-state index contributed by atoms with van der Waals surface area (Å²) in [7, 11) is 0. The smallest absolute Gasteiger partial charge is 0.273 e. The molecule has 6 nitrogen and oxygen atoms in total. The molecule has 0 aliphatic rings. The van der Waals surface area contributed by atoms with Gasteiger partial charge in [-0.3, -0.25) is 9.59 Å². The van der Waals surface area contributed by atoms with Gasteiger partial charge in [0.1, 0.15) is 6.04 Å². The van der Waals surface area contributed by atoms with Crippen molar-refractivity contribution in [3.8, 4) is 6.07 Å². The molecule has 0 bridgehead atoms. The third-order valence-corrected chi connectivity index (χ3v) is 4.44. The fraction of sp³-hybridized carbons (Fsp3) is 0.0588. The lowest BCUT2D eigenvalue weighted by atomic mass is 10.1. The number of carbonyl (C=O) groups excluding carboxylic acids is 1. The van der Waals surface area contributed by atoms with E-state index in [0.29, 0.717) is 16.3 Å². The van der Waals surface area contributed by atoms with E-state index in [1.54, 1.807) is 42.5 Å². The largest absolute Gasteiger partial charge is 0.331 e. The molecule has 124 valence electrons. The van der Waals surface area contributed by atoms with E-state index in [9.17, 15) is 14.9 Å². The first-order valence-corrected chi connectivity index (χ1v) is 7.90. The summed E-state index contributed by atoms with van der Waals surface area (Å²) in [6, 6.07) is 12.3. The van der Waals surface area contributed by atoms with Crippen LogP contribution >= 0.6 is 23.2 Å². The Morgan fingerprint density at radius 1 is 1.16 bits per heavy atom. The number of hydrogen-bond acceptors (Lipinski definition) is 4. The van der Waals surface area contributed by atoms with Crippen LogP contribution in [-0.2, 0) is 0 Å². The molecule has 0 saturated heterocycles. The van der Waals surface area contributed by atoms with Crippen LogP contribution in [0.2, 0.25) is 10.0 Å². The fourth-order valence-corrected chi connectivity index (χ4v) is 2.83. The van der Waals surface area contributed by atoms with Crippen molar-refractivity contribution in [2.45, 2.75) is 6.04 Å². The molecule has 0 radical (unpaired) electrons. The van der Waals surface area contributed by atoms with Gasteiger partial charge in [0.2, 0.25) is 0 Å². The van der Waals surface area contributed by atoms with Crippen LogP contribution in [0.15, 0.2) is 47.3 Å². The first-order valence-electron chi connectivity index (χ1n) is 7.14. The van der Waals surface area contributed by atoms with Gasteiger partial charge in [-0.05, 0) is 12.1 Å². The Kier molecular flexibility index (Phi) is 4.70. The number of fused-ring (bicyclic) bond motifs is 1. The van der Waals surface area contributed by atoms with Crippen molar-refractivity contribution in [2.24, 2.45) is 0 Å². The average Bonchev–Trinajstić information content (AvgIpc) is 2.62. The number of hydrogen-bond donors (Lipinski definition) is 2. The Morgan fingerprint density at radius 2 is 1.88 bits per heavy atom. The SMILES string of the molecule is N#CC(NC(=O)c1n[nH]c(=O)c2ccccc12)c1cccc(Cl)c1Cl. The second-order valence-electron chi connectivity index (χ2n) is 5.13. The minimum Gasteiger partial charge on any atom is -0.331 e. The predicted molar refractivity (Wildman–Crippen MR) is 94.6 cm³/mol. The quantitative estimate of drug-likeness (QED) is 0.736. The van der Waals surface area contributed by atoms with Crippen molar-refractivity contribution in [3.05, 3.63) is 74.1 Å². The fourth-order valence-electron chi connectivity index (χ4n) is 2.41. The van der Waals surface area contributed by atoms with Gasteiger partial charge in [-0.25, -0.2) is 5.10 Å². The van der Waals surface area contributed by atoms with Crippen LogP contribution in [0.1, 0.15) is 22.1 Å². The summed E-state index contributed by atoms with van der Waals surface area (Å²) in [4.78, 5) is 24.4. The molecule has 1 heterocycles. The molecule has 0 spiro atoms. The number of aromatic amines is 1. The monoisotopic (exact) mass is 372 g/mol. The lowest BCUT2D eigenvalue weighted by molar-refractivity contribution is 0.0941. The Hall–Kier alpha value is -2.88. The Labute approximate surface area is 152 Å². The predicted octanol–water partition coefficient (Wildman–Crippen LogP) is 3.22. The number of H-pyrrole nitrogens is 1. The minimum atomic E-state index is -1.02. The lowest BCUT2D eigenvalue weighted by Gasteiger charge is -2.14.